The van der Waals surface area contributed by atoms with Crippen LogP contribution in [-0.2, 0) is 16.6 Å². The van der Waals surface area contributed by atoms with Gasteiger partial charge in [-0.2, -0.15) is 10.2 Å². The van der Waals surface area contributed by atoms with Crippen LogP contribution in [0.15, 0.2) is 64.9 Å². The first-order chi connectivity index (χ1) is 19.2. The number of anilines is 1. The van der Waals surface area contributed by atoms with Gasteiger partial charge in [-0.3, -0.25) is 4.90 Å². The molecule has 11 heteroatoms. The minimum Gasteiger partial charge on any atom is -0.438 e. The quantitative estimate of drug-likeness (QED) is 0.293. The molecule has 5 rings (SSSR count). The Balaban J connectivity index is 1.28. The van der Waals surface area contributed by atoms with Crippen molar-refractivity contribution in [3.8, 4) is 28.3 Å². The number of benzene rings is 2. The number of sulfonamides is 1. The van der Waals surface area contributed by atoms with Gasteiger partial charge in [-0.25, -0.2) is 18.5 Å². The highest BCUT2D eigenvalue weighted by molar-refractivity contribution is 7.89. The third kappa shape index (κ3) is 6.66. The van der Waals surface area contributed by atoms with E-state index >= 15 is 0 Å². The summed E-state index contributed by atoms with van der Waals surface area (Å²) in [4.78, 5) is 13.0. The molecule has 4 aromatic rings. The summed E-state index contributed by atoms with van der Waals surface area (Å²) in [5.74, 6) is 1.64. The summed E-state index contributed by atoms with van der Waals surface area (Å²) in [7, 11) is -3.69. The highest BCUT2D eigenvalue weighted by Gasteiger charge is 2.21. The highest BCUT2D eigenvalue weighted by atomic mass is 32.2. The molecule has 1 aliphatic rings. The SMILES string of the molecule is Cc1cc(C#N)cc(C)c1Oc1cc(-c2cccs2)nc(NC2CCN(Cc3ccc(S(N)(=O)=O)cc3)CC2)n1. The molecule has 0 aliphatic carbocycles. The molecule has 40 heavy (non-hydrogen) atoms. The number of thiophene rings is 1. The van der Waals surface area contributed by atoms with E-state index in [0.717, 1.165) is 59.7 Å². The van der Waals surface area contributed by atoms with E-state index in [4.69, 9.17) is 19.8 Å². The lowest BCUT2D eigenvalue weighted by atomic mass is 10.0. The molecule has 3 heterocycles. The number of nitrogens with one attached hydrogen (secondary N) is 1. The lowest BCUT2D eigenvalue weighted by molar-refractivity contribution is 0.211. The summed E-state index contributed by atoms with van der Waals surface area (Å²) < 4.78 is 29.3. The number of nitrogens with zero attached hydrogens (tertiary/aromatic N) is 4. The van der Waals surface area contributed by atoms with Gasteiger partial charge in [0.25, 0.3) is 0 Å². The fourth-order valence-corrected chi connectivity index (χ4v) is 6.04. The van der Waals surface area contributed by atoms with Crippen molar-refractivity contribution < 1.29 is 13.2 Å². The summed E-state index contributed by atoms with van der Waals surface area (Å²) in [5, 5.41) is 20.0. The zero-order chi connectivity index (χ0) is 28.3. The monoisotopic (exact) mass is 574 g/mol. The Morgan fingerprint density at radius 1 is 1.10 bits per heavy atom. The molecule has 0 atom stereocenters. The average molecular weight is 575 g/mol. The second-order valence-corrected chi connectivity index (χ2v) is 12.4. The van der Waals surface area contributed by atoms with Crippen LogP contribution < -0.4 is 15.2 Å². The molecule has 0 saturated carbocycles. The molecule has 0 bridgehead atoms. The summed E-state index contributed by atoms with van der Waals surface area (Å²) in [6, 6.07) is 18.6. The molecule has 1 fully saturated rings. The van der Waals surface area contributed by atoms with E-state index in [1.807, 2.05) is 61.7 Å². The number of piperidine rings is 1. The number of rotatable bonds is 8. The molecule has 0 amide bonds. The first kappa shape index (κ1) is 27.7. The van der Waals surface area contributed by atoms with Gasteiger partial charge >= 0.3 is 0 Å². The molecule has 9 nitrogen and oxygen atoms in total. The van der Waals surface area contributed by atoms with Crippen LogP contribution in [0.3, 0.4) is 0 Å². The number of aryl methyl sites for hydroxylation is 2. The van der Waals surface area contributed by atoms with Crippen molar-refractivity contribution in [2.24, 2.45) is 5.14 Å². The van der Waals surface area contributed by atoms with Gasteiger partial charge in [-0.05, 0) is 79.1 Å². The van der Waals surface area contributed by atoms with Crippen molar-refractivity contribution in [1.29, 1.82) is 5.26 Å². The molecule has 0 spiro atoms. The van der Waals surface area contributed by atoms with Crippen molar-refractivity contribution in [3.63, 3.8) is 0 Å². The minimum absolute atomic E-state index is 0.122. The second kappa shape index (κ2) is 11.7. The van der Waals surface area contributed by atoms with E-state index in [9.17, 15) is 13.7 Å². The van der Waals surface area contributed by atoms with Gasteiger partial charge in [0.15, 0.2) is 0 Å². The van der Waals surface area contributed by atoms with Gasteiger partial charge < -0.3 is 10.1 Å². The molecular formula is C29H30N6O3S2. The Kier molecular flexibility index (Phi) is 8.14. The fourth-order valence-electron chi connectivity index (χ4n) is 4.83. The summed E-state index contributed by atoms with van der Waals surface area (Å²) in [5.41, 5.74) is 4.16. The van der Waals surface area contributed by atoms with E-state index in [0.29, 0.717) is 23.1 Å². The first-order valence-corrected chi connectivity index (χ1v) is 15.3. The van der Waals surface area contributed by atoms with E-state index < -0.39 is 10.0 Å². The van der Waals surface area contributed by atoms with Crippen LogP contribution in [0.5, 0.6) is 11.6 Å². The maximum atomic E-state index is 11.5. The Bertz CT molecular complexity index is 1620. The molecule has 206 valence electrons. The molecule has 0 radical (unpaired) electrons. The smallest absolute Gasteiger partial charge is 0.238 e. The third-order valence-electron chi connectivity index (χ3n) is 6.85. The number of hydrogen-bond acceptors (Lipinski definition) is 9. The van der Waals surface area contributed by atoms with Crippen LogP contribution in [0, 0.1) is 25.2 Å². The van der Waals surface area contributed by atoms with Crippen molar-refractivity contribution >= 4 is 27.3 Å². The van der Waals surface area contributed by atoms with E-state index in [2.05, 4.69) is 16.3 Å². The lowest BCUT2D eigenvalue weighted by Crippen LogP contribution is -2.39. The number of nitrogens with two attached hydrogens (primary N) is 1. The summed E-state index contributed by atoms with van der Waals surface area (Å²) >= 11 is 1.60. The van der Waals surface area contributed by atoms with Crippen molar-refractivity contribution in [3.05, 3.63) is 82.2 Å². The number of ether oxygens (including phenoxy) is 1. The van der Waals surface area contributed by atoms with Crippen LogP contribution in [-0.4, -0.2) is 42.4 Å². The summed E-state index contributed by atoms with van der Waals surface area (Å²) in [6.45, 7) is 6.35. The van der Waals surface area contributed by atoms with Gasteiger partial charge in [0, 0.05) is 31.7 Å². The predicted octanol–water partition coefficient (Wildman–Crippen LogP) is 5.21. The van der Waals surface area contributed by atoms with Crippen molar-refractivity contribution in [2.75, 3.05) is 18.4 Å². The van der Waals surface area contributed by atoms with Crippen LogP contribution in [0.4, 0.5) is 5.95 Å². The maximum absolute atomic E-state index is 11.5. The maximum Gasteiger partial charge on any atom is 0.238 e. The average Bonchev–Trinajstić information content (AvgIpc) is 3.47. The van der Waals surface area contributed by atoms with Crippen LogP contribution in [0.2, 0.25) is 0 Å². The van der Waals surface area contributed by atoms with Gasteiger partial charge in [-0.15, -0.1) is 11.3 Å². The number of nitriles is 1. The zero-order valence-corrected chi connectivity index (χ0v) is 23.9. The highest BCUT2D eigenvalue weighted by Crippen LogP contribution is 2.33. The molecule has 2 aromatic carbocycles. The topological polar surface area (TPSA) is 134 Å². The van der Waals surface area contributed by atoms with Gasteiger partial charge in [0.2, 0.25) is 21.9 Å². The molecule has 2 aromatic heterocycles. The largest absolute Gasteiger partial charge is 0.438 e. The summed E-state index contributed by atoms with van der Waals surface area (Å²) in [6.07, 6.45) is 1.82. The number of hydrogen-bond donors (Lipinski definition) is 2. The van der Waals surface area contributed by atoms with Crippen LogP contribution in [0.1, 0.15) is 35.1 Å². The van der Waals surface area contributed by atoms with Crippen LogP contribution in [0.25, 0.3) is 10.6 Å². The predicted molar refractivity (Wildman–Crippen MR) is 156 cm³/mol. The minimum atomic E-state index is -3.69. The van der Waals surface area contributed by atoms with Crippen molar-refractivity contribution in [2.45, 2.75) is 44.2 Å². The lowest BCUT2D eigenvalue weighted by Gasteiger charge is -2.32. The Hall–Kier alpha value is -3.82. The Morgan fingerprint density at radius 3 is 2.40 bits per heavy atom. The molecule has 1 saturated heterocycles. The number of primary sulfonamides is 1. The fraction of sp³-hybridized carbons (Fsp3) is 0.276. The molecular weight excluding hydrogens is 544 g/mol. The normalized spacial score (nSPS) is 14.6. The molecule has 1 aliphatic heterocycles. The molecule has 3 N–H and O–H groups in total. The van der Waals surface area contributed by atoms with Crippen LogP contribution >= 0.6 is 11.3 Å². The molecule has 0 unspecified atom stereocenters. The van der Waals surface area contributed by atoms with E-state index in [1.54, 1.807) is 23.5 Å². The first-order valence-electron chi connectivity index (χ1n) is 12.9. The standard InChI is InChI=1S/C29H30N6O3S2/c1-19-14-22(17-30)15-20(2)28(19)38-27-16-25(26-4-3-13-39-26)33-29(34-27)32-23-9-11-35(12-10-23)18-21-5-7-24(8-6-21)40(31,36)37/h3-8,13-16,23H,9-12,18H2,1-2H3,(H2,31,36,37)(H,32,33,34). The van der Waals surface area contributed by atoms with Gasteiger partial charge in [0.05, 0.1) is 27.1 Å². The Labute approximate surface area is 238 Å². The number of likely N-dealkylation sites (tertiary alicyclic amines) is 1. The van der Waals surface area contributed by atoms with E-state index in [-0.39, 0.29) is 10.9 Å². The van der Waals surface area contributed by atoms with E-state index in [1.165, 1.54) is 0 Å². The van der Waals surface area contributed by atoms with Gasteiger partial charge in [0.1, 0.15) is 5.75 Å². The number of aromatic nitrogens is 2. The second-order valence-electron chi connectivity index (χ2n) is 9.93. The zero-order valence-electron chi connectivity index (χ0n) is 22.3. The van der Waals surface area contributed by atoms with Gasteiger partial charge in [-0.1, -0.05) is 18.2 Å². The third-order valence-corrected chi connectivity index (χ3v) is 8.67. The Morgan fingerprint density at radius 2 is 1.80 bits per heavy atom. The van der Waals surface area contributed by atoms with Crippen molar-refractivity contribution in [1.82, 2.24) is 14.9 Å².